The number of thiophene rings is 1. The zero-order chi connectivity index (χ0) is 14.1. The molecule has 0 aliphatic heterocycles. The summed E-state index contributed by atoms with van der Waals surface area (Å²) in [6, 6.07) is 12.7. The quantitative estimate of drug-likeness (QED) is 0.590. The van der Waals surface area contributed by atoms with Crippen LogP contribution in [0.15, 0.2) is 47.8 Å². The molecule has 20 heavy (non-hydrogen) atoms. The average Bonchev–Trinajstić information content (AvgIpc) is 2.90. The number of rotatable bonds is 3. The van der Waals surface area contributed by atoms with E-state index in [2.05, 4.69) is 0 Å². The zero-order valence-corrected chi connectivity index (χ0v) is 12.3. The van der Waals surface area contributed by atoms with Gasteiger partial charge in [0.15, 0.2) is 0 Å². The molecule has 0 aliphatic carbocycles. The number of benzene rings is 2. The van der Waals surface area contributed by atoms with Crippen LogP contribution in [0.25, 0.3) is 10.1 Å². The second-order valence-corrected chi connectivity index (χ2v) is 5.75. The summed E-state index contributed by atoms with van der Waals surface area (Å²) >= 11 is 8.14. The Bertz CT molecular complexity index is 753. The number of hydrogen-bond acceptors (Lipinski definition) is 2. The third kappa shape index (κ3) is 2.17. The van der Waals surface area contributed by atoms with E-state index in [4.69, 9.17) is 16.3 Å². The first-order valence-electron chi connectivity index (χ1n) is 6.15. The van der Waals surface area contributed by atoms with Gasteiger partial charge in [-0.15, -0.1) is 22.9 Å². The number of hydrogen-bond donors (Lipinski definition) is 0. The summed E-state index contributed by atoms with van der Waals surface area (Å²) in [5.41, 5.74) is 1.30. The lowest BCUT2D eigenvalue weighted by atomic mass is 10.0. The molecule has 0 aliphatic rings. The van der Waals surface area contributed by atoms with Gasteiger partial charge in [-0.2, -0.15) is 0 Å². The van der Waals surface area contributed by atoms with Crippen molar-refractivity contribution in [3.05, 3.63) is 64.8 Å². The smallest absolute Gasteiger partial charge is 0.131 e. The highest BCUT2D eigenvalue weighted by atomic mass is 35.5. The van der Waals surface area contributed by atoms with Crippen molar-refractivity contribution in [1.29, 1.82) is 0 Å². The molecule has 1 nitrogen and oxygen atoms in total. The summed E-state index contributed by atoms with van der Waals surface area (Å²) in [6.07, 6.45) is 0. The van der Waals surface area contributed by atoms with E-state index in [0.29, 0.717) is 11.3 Å². The number of halogens is 2. The van der Waals surface area contributed by atoms with Gasteiger partial charge in [-0.3, -0.25) is 0 Å². The molecular formula is C16H12ClFOS. The van der Waals surface area contributed by atoms with Crippen LogP contribution in [0.4, 0.5) is 4.39 Å². The van der Waals surface area contributed by atoms with Crippen LogP contribution in [0.3, 0.4) is 0 Å². The summed E-state index contributed by atoms with van der Waals surface area (Å²) in [6.45, 7) is 0. The number of ether oxygens (including phenoxy) is 1. The van der Waals surface area contributed by atoms with Gasteiger partial charge in [-0.05, 0) is 34.5 Å². The van der Waals surface area contributed by atoms with E-state index in [1.807, 2.05) is 29.6 Å². The van der Waals surface area contributed by atoms with Crippen molar-refractivity contribution in [2.45, 2.75) is 5.38 Å². The third-order valence-corrected chi connectivity index (χ3v) is 4.71. The maximum Gasteiger partial charge on any atom is 0.131 e. The lowest BCUT2D eigenvalue weighted by Gasteiger charge is -2.14. The van der Waals surface area contributed by atoms with Crippen LogP contribution in [0.1, 0.15) is 16.5 Å². The number of fused-ring (bicyclic) bond motifs is 1. The third-order valence-electron chi connectivity index (χ3n) is 3.27. The van der Waals surface area contributed by atoms with Crippen LogP contribution >= 0.6 is 22.9 Å². The molecule has 1 heterocycles. The fraction of sp³-hybridized carbons (Fsp3) is 0.125. The van der Waals surface area contributed by atoms with Crippen molar-refractivity contribution in [3.8, 4) is 5.75 Å². The van der Waals surface area contributed by atoms with E-state index in [9.17, 15) is 4.39 Å². The minimum atomic E-state index is -0.567. The summed E-state index contributed by atoms with van der Waals surface area (Å²) in [4.78, 5) is 0. The number of methoxy groups -OCH3 is 1. The van der Waals surface area contributed by atoms with E-state index >= 15 is 0 Å². The van der Waals surface area contributed by atoms with Gasteiger partial charge in [0.2, 0.25) is 0 Å². The normalized spacial score (nSPS) is 12.6. The fourth-order valence-corrected chi connectivity index (χ4v) is 3.75. The molecule has 3 aromatic rings. The highest BCUT2D eigenvalue weighted by Gasteiger charge is 2.22. The van der Waals surface area contributed by atoms with Gasteiger partial charge in [0.1, 0.15) is 11.6 Å². The summed E-state index contributed by atoms with van der Waals surface area (Å²) in [5, 5.41) is 2.47. The SMILES string of the molecule is COc1cccc(F)c1C(Cl)c1csc2ccccc12. The van der Waals surface area contributed by atoms with Gasteiger partial charge in [-0.25, -0.2) is 4.39 Å². The standard InChI is InChI=1S/C16H12ClFOS/c1-19-13-7-4-6-12(18)15(13)16(17)11-9-20-14-8-3-2-5-10(11)14/h2-9,16H,1H3. The highest BCUT2D eigenvalue weighted by Crippen LogP contribution is 2.41. The van der Waals surface area contributed by atoms with Crippen LogP contribution < -0.4 is 4.74 Å². The molecule has 0 saturated heterocycles. The van der Waals surface area contributed by atoms with Crippen molar-refractivity contribution >= 4 is 33.0 Å². The fourth-order valence-electron chi connectivity index (χ4n) is 2.29. The number of alkyl halides is 1. The molecular weight excluding hydrogens is 295 g/mol. The summed E-state index contributed by atoms with van der Waals surface area (Å²) < 4.78 is 20.5. The predicted molar refractivity (Wildman–Crippen MR) is 82.5 cm³/mol. The van der Waals surface area contributed by atoms with Crippen molar-refractivity contribution in [3.63, 3.8) is 0 Å². The molecule has 102 valence electrons. The first-order chi connectivity index (χ1) is 9.72. The minimum Gasteiger partial charge on any atom is -0.496 e. The molecule has 1 atom stereocenters. The van der Waals surface area contributed by atoms with E-state index in [1.54, 1.807) is 23.5 Å². The Labute approximate surface area is 125 Å². The first-order valence-corrected chi connectivity index (χ1v) is 7.46. The monoisotopic (exact) mass is 306 g/mol. The highest BCUT2D eigenvalue weighted by molar-refractivity contribution is 7.17. The topological polar surface area (TPSA) is 9.23 Å². The molecule has 4 heteroatoms. The molecule has 1 aromatic heterocycles. The lowest BCUT2D eigenvalue weighted by Crippen LogP contribution is -2.00. The van der Waals surface area contributed by atoms with Crippen LogP contribution in [-0.2, 0) is 0 Å². The zero-order valence-electron chi connectivity index (χ0n) is 10.8. The molecule has 0 radical (unpaired) electrons. The van der Waals surface area contributed by atoms with Gasteiger partial charge in [0.25, 0.3) is 0 Å². The Morgan fingerprint density at radius 3 is 2.75 bits per heavy atom. The maximum atomic E-state index is 14.1. The molecule has 0 N–H and O–H groups in total. The van der Waals surface area contributed by atoms with Crippen LogP contribution in [0.5, 0.6) is 5.75 Å². The largest absolute Gasteiger partial charge is 0.496 e. The van der Waals surface area contributed by atoms with E-state index < -0.39 is 5.38 Å². The summed E-state index contributed by atoms with van der Waals surface area (Å²) in [5.74, 6) is 0.125. The van der Waals surface area contributed by atoms with Crippen molar-refractivity contribution in [2.75, 3.05) is 7.11 Å². The summed E-state index contributed by atoms with van der Waals surface area (Å²) in [7, 11) is 1.52. The molecule has 0 bridgehead atoms. The second-order valence-electron chi connectivity index (χ2n) is 4.41. The van der Waals surface area contributed by atoms with Gasteiger partial charge in [0, 0.05) is 4.70 Å². The Hall–Kier alpha value is -1.58. The van der Waals surface area contributed by atoms with Gasteiger partial charge in [0.05, 0.1) is 18.1 Å². The maximum absolute atomic E-state index is 14.1. The Balaban J connectivity index is 2.16. The van der Waals surface area contributed by atoms with Crippen molar-refractivity contribution < 1.29 is 9.13 Å². The molecule has 0 fully saturated rings. The Kier molecular flexibility index (Phi) is 3.64. The van der Waals surface area contributed by atoms with Crippen molar-refractivity contribution in [2.24, 2.45) is 0 Å². The van der Waals surface area contributed by atoms with E-state index in [-0.39, 0.29) is 5.82 Å². The van der Waals surface area contributed by atoms with Gasteiger partial charge in [-0.1, -0.05) is 24.3 Å². The van der Waals surface area contributed by atoms with E-state index in [0.717, 1.165) is 15.6 Å². The van der Waals surface area contributed by atoms with Crippen LogP contribution in [0.2, 0.25) is 0 Å². The molecule has 2 aromatic carbocycles. The Morgan fingerprint density at radius 2 is 1.95 bits per heavy atom. The van der Waals surface area contributed by atoms with E-state index in [1.165, 1.54) is 13.2 Å². The molecule has 0 amide bonds. The van der Waals surface area contributed by atoms with Gasteiger partial charge >= 0.3 is 0 Å². The van der Waals surface area contributed by atoms with Gasteiger partial charge < -0.3 is 4.74 Å². The first kappa shape index (κ1) is 13.4. The minimum absolute atomic E-state index is 0.348. The average molecular weight is 307 g/mol. The lowest BCUT2D eigenvalue weighted by molar-refractivity contribution is 0.405. The van der Waals surface area contributed by atoms with Crippen molar-refractivity contribution in [1.82, 2.24) is 0 Å². The molecule has 3 rings (SSSR count). The second kappa shape index (κ2) is 5.43. The molecule has 0 saturated carbocycles. The van der Waals surface area contributed by atoms with Crippen LogP contribution in [0, 0.1) is 5.82 Å². The molecule has 0 spiro atoms. The predicted octanol–water partition coefficient (Wildman–Crippen LogP) is 5.38. The molecule has 1 unspecified atom stereocenters. The Morgan fingerprint density at radius 1 is 1.15 bits per heavy atom. The van der Waals surface area contributed by atoms with Crippen LogP contribution in [-0.4, -0.2) is 7.11 Å².